The molecule has 112 valence electrons. The molecule has 0 saturated carbocycles. The lowest BCUT2D eigenvalue weighted by molar-refractivity contribution is -0.156. The van der Waals surface area contributed by atoms with Crippen LogP contribution in [0.3, 0.4) is 0 Å². The number of aliphatic carboxylic acids is 1. The summed E-state index contributed by atoms with van der Waals surface area (Å²) in [7, 11) is 0. The molecule has 5 heteroatoms. The first-order valence-electron chi connectivity index (χ1n) is 7.34. The van der Waals surface area contributed by atoms with E-state index in [2.05, 4.69) is 0 Å². The topological polar surface area (TPSA) is 66.8 Å². The predicted octanol–water partition coefficient (Wildman–Crippen LogP) is 1.76. The number of carboxylic acids is 1. The Hall–Kier alpha value is -1.88. The van der Waals surface area contributed by atoms with Crippen LogP contribution in [0.1, 0.15) is 36.9 Å². The zero-order valence-corrected chi connectivity index (χ0v) is 12.0. The third-order valence-electron chi connectivity index (χ3n) is 4.31. The quantitative estimate of drug-likeness (QED) is 0.901. The molecule has 3 rings (SSSR count). The van der Waals surface area contributed by atoms with E-state index in [9.17, 15) is 14.7 Å². The molecule has 0 bridgehead atoms. The van der Waals surface area contributed by atoms with Crippen molar-refractivity contribution in [2.75, 3.05) is 6.54 Å². The van der Waals surface area contributed by atoms with Crippen LogP contribution in [0, 0.1) is 0 Å². The summed E-state index contributed by atoms with van der Waals surface area (Å²) in [5.41, 5.74) is 1.73. The van der Waals surface area contributed by atoms with Crippen molar-refractivity contribution >= 4 is 11.9 Å². The number of carboxylic acid groups (broad SMARTS) is 1. The Balaban J connectivity index is 1.89. The van der Waals surface area contributed by atoms with Gasteiger partial charge >= 0.3 is 5.97 Å². The third kappa shape index (κ3) is 2.53. The highest BCUT2D eigenvalue weighted by Crippen LogP contribution is 2.32. The number of amides is 1. The van der Waals surface area contributed by atoms with Crippen LogP contribution in [0.15, 0.2) is 24.3 Å². The van der Waals surface area contributed by atoms with E-state index in [1.165, 1.54) is 4.90 Å². The number of benzene rings is 1. The molecule has 0 aliphatic carbocycles. The number of ether oxygens (including phenoxy) is 1. The van der Waals surface area contributed by atoms with Crippen LogP contribution in [0.5, 0.6) is 0 Å². The van der Waals surface area contributed by atoms with Crippen LogP contribution in [-0.4, -0.2) is 40.6 Å². The van der Waals surface area contributed by atoms with Gasteiger partial charge in [-0.25, -0.2) is 4.79 Å². The van der Waals surface area contributed by atoms with Crippen LogP contribution in [0.2, 0.25) is 0 Å². The highest BCUT2D eigenvalue weighted by atomic mass is 16.5. The second-order valence-corrected chi connectivity index (χ2v) is 5.73. The van der Waals surface area contributed by atoms with Gasteiger partial charge in [-0.15, -0.1) is 0 Å². The monoisotopic (exact) mass is 289 g/mol. The number of rotatable bonds is 2. The Labute approximate surface area is 123 Å². The van der Waals surface area contributed by atoms with Gasteiger partial charge in [-0.05, 0) is 37.3 Å². The SMILES string of the molecule is C[C@@H]1CC[C@H](C(=O)N2CCc3ccccc3C2C(=O)O)O1. The van der Waals surface area contributed by atoms with Crippen molar-refractivity contribution in [3.8, 4) is 0 Å². The van der Waals surface area contributed by atoms with Crippen molar-refractivity contribution in [1.82, 2.24) is 4.90 Å². The molecule has 1 aromatic carbocycles. The molecule has 1 fully saturated rings. The zero-order valence-electron chi connectivity index (χ0n) is 12.0. The van der Waals surface area contributed by atoms with E-state index in [1.807, 2.05) is 25.1 Å². The average Bonchev–Trinajstić information content (AvgIpc) is 2.91. The van der Waals surface area contributed by atoms with E-state index in [1.54, 1.807) is 6.07 Å². The summed E-state index contributed by atoms with van der Waals surface area (Å²) in [5.74, 6) is -1.18. The number of hydrogen-bond donors (Lipinski definition) is 1. The molecule has 0 aromatic heterocycles. The van der Waals surface area contributed by atoms with Crippen LogP contribution in [0.4, 0.5) is 0 Å². The van der Waals surface area contributed by atoms with Crippen molar-refractivity contribution in [1.29, 1.82) is 0 Å². The fourth-order valence-electron chi connectivity index (χ4n) is 3.24. The first-order chi connectivity index (χ1) is 10.1. The summed E-state index contributed by atoms with van der Waals surface area (Å²) in [4.78, 5) is 25.8. The van der Waals surface area contributed by atoms with E-state index in [0.29, 0.717) is 19.4 Å². The lowest BCUT2D eigenvalue weighted by Crippen LogP contribution is -2.47. The summed E-state index contributed by atoms with van der Waals surface area (Å²) in [5, 5.41) is 9.56. The summed E-state index contributed by atoms with van der Waals surface area (Å²) in [6, 6.07) is 6.54. The summed E-state index contributed by atoms with van der Waals surface area (Å²) in [6.07, 6.45) is 1.78. The van der Waals surface area contributed by atoms with Gasteiger partial charge < -0.3 is 14.7 Å². The van der Waals surface area contributed by atoms with E-state index in [-0.39, 0.29) is 12.0 Å². The molecule has 3 atom stereocenters. The minimum absolute atomic E-state index is 0.0688. The van der Waals surface area contributed by atoms with Gasteiger partial charge in [0.1, 0.15) is 6.10 Å². The second-order valence-electron chi connectivity index (χ2n) is 5.73. The molecular formula is C16H19NO4. The highest BCUT2D eigenvalue weighted by Gasteiger charge is 2.40. The molecule has 1 amide bonds. The lowest BCUT2D eigenvalue weighted by Gasteiger charge is -2.36. The van der Waals surface area contributed by atoms with Crippen LogP contribution < -0.4 is 0 Å². The van der Waals surface area contributed by atoms with E-state index >= 15 is 0 Å². The zero-order chi connectivity index (χ0) is 15.0. The van der Waals surface area contributed by atoms with Gasteiger partial charge in [-0.3, -0.25) is 4.79 Å². The van der Waals surface area contributed by atoms with E-state index in [4.69, 9.17) is 4.74 Å². The number of fused-ring (bicyclic) bond motifs is 1. The Bertz CT molecular complexity index is 571. The van der Waals surface area contributed by atoms with E-state index < -0.39 is 18.1 Å². The van der Waals surface area contributed by atoms with Crippen molar-refractivity contribution in [3.05, 3.63) is 35.4 Å². The normalized spacial score (nSPS) is 28.2. The predicted molar refractivity (Wildman–Crippen MR) is 75.8 cm³/mol. The van der Waals surface area contributed by atoms with Crippen molar-refractivity contribution in [2.45, 2.75) is 44.4 Å². The molecule has 0 spiro atoms. The minimum atomic E-state index is -0.985. The van der Waals surface area contributed by atoms with Gasteiger partial charge in [0.15, 0.2) is 6.04 Å². The first kappa shape index (κ1) is 14.1. The van der Waals surface area contributed by atoms with Gasteiger partial charge in [0.05, 0.1) is 6.10 Å². The van der Waals surface area contributed by atoms with Gasteiger partial charge in [0.2, 0.25) is 0 Å². The molecule has 5 nitrogen and oxygen atoms in total. The Morgan fingerprint density at radius 2 is 2.05 bits per heavy atom. The molecule has 2 aliphatic heterocycles. The number of carbonyl (C=O) groups is 2. The number of nitrogens with zero attached hydrogens (tertiary/aromatic N) is 1. The largest absolute Gasteiger partial charge is 0.479 e. The molecule has 1 N–H and O–H groups in total. The molecule has 1 unspecified atom stereocenters. The fraction of sp³-hybridized carbons (Fsp3) is 0.500. The molecule has 1 saturated heterocycles. The summed E-state index contributed by atoms with van der Waals surface area (Å²) >= 11 is 0. The van der Waals surface area contributed by atoms with Gasteiger partial charge in [-0.2, -0.15) is 0 Å². The number of hydrogen-bond acceptors (Lipinski definition) is 3. The van der Waals surface area contributed by atoms with Crippen LogP contribution in [0.25, 0.3) is 0 Å². The van der Waals surface area contributed by atoms with Gasteiger partial charge in [0.25, 0.3) is 5.91 Å². The van der Waals surface area contributed by atoms with Gasteiger partial charge in [0, 0.05) is 6.54 Å². The van der Waals surface area contributed by atoms with Crippen LogP contribution in [-0.2, 0) is 20.7 Å². The molecule has 2 aliphatic rings. The summed E-state index contributed by atoms with van der Waals surface area (Å²) < 4.78 is 5.61. The first-order valence-corrected chi connectivity index (χ1v) is 7.34. The maximum Gasteiger partial charge on any atom is 0.331 e. The van der Waals surface area contributed by atoms with Crippen LogP contribution >= 0.6 is 0 Å². The van der Waals surface area contributed by atoms with Crippen molar-refractivity contribution in [3.63, 3.8) is 0 Å². The smallest absolute Gasteiger partial charge is 0.331 e. The Morgan fingerprint density at radius 1 is 1.29 bits per heavy atom. The maximum absolute atomic E-state index is 12.6. The van der Waals surface area contributed by atoms with E-state index in [0.717, 1.165) is 17.5 Å². The molecule has 1 aromatic rings. The fourth-order valence-corrected chi connectivity index (χ4v) is 3.24. The molecule has 2 heterocycles. The highest BCUT2D eigenvalue weighted by molar-refractivity contribution is 5.88. The minimum Gasteiger partial charge on any atom is -0.479 e. The Kier molecular flexibility index (Phi) is 3.68. The Morgan fingerprint density at radius 3 is 2.71 bits per heavy atom. The maximum atomic E-state index is 12.6. The second kappa shape index (κ2) is 5.48. The lowest BCUT2D eigenvalue weighted by atomic mass is 9.92. The molecule has 21 heavy (non-hydrogen) atoms. The standard InChI is InChI=1S/C16H19NO4/c1-10-6-7-13(21-10)15(18)17-9-8-11-4-2-3-5-12(11)14(17)16(19)20/h2-5,10,13-14H,6-9H2,1H3,(H,19,20)/t10-,13-,14?/m1/s1. The van der Waals surface area contributed by atoms with Gasteiger partial charge in [-0.1, -0.05) is 24.3 Å². The third-order valence-corrected chi connectivity index (χ3v) is 4.31. The van der Waals surface area contributed by atoms with Crippen molar-refractivity contribution in [2.24, 2.45) is 0 Å². The van der Waals surface area contributed by atoms with Crippen molar-refractivity contribution < 1.29 is 19.4 Å². The number of carbonyl (C=O) groups excluding carboxylic acids is 1. The molecule has 0 radical (unpaired) electrons. The molecular weight excluding hydrogens is 270 g/mol. The summed E-state index contributed by atoms with van der Waals surface area (Å²) in [6.45, 7) is 2.37. The average molecular weight is 289 g/mol.